The predicted molar refractivity (Wildman–Crippen MR) is 82.6 cm³/mol. The van der Waals surface area contributed by atoms with Gasteiger partial charge in [-0.1, -0.05) is 30.3 Å². The van der Waals surface area contributed by atoms with Crippen molar-refractivity contribution in [3.63, 3.8) is 0 Å². The van der Waals surface area contributed by atoms with Gasteiger partial charge in [0.1, 0.15) is 11.5 Å². The SMILES string of the molecule is NCCC(c1ccc(Oc2ccccc2)cc1)n1ncnn1. The minimum atomic E-state index is -0.0155. The van der Waals surface area contributed by atoms with E-state index in [-0.39, 0.29) is 6.04 Å². The number of tetrazole rings is 1. The van der Waals surface area contributed by atoms with Gasteiger partial charge in [-0.25, -0.2) is 0 Å². The van der Waals surface area contributed by atoms with Gasteiger partial charge in [-0.05, 0) is 48.0 Å². The second-order valence-electron chi connectivity index (χ2n) is 4.83. The van der Waals surface area contributed by atoms with E-state index in [4.69, 9.17) is 10.5 Å². The van der Waals surface area contributed by atoms with Crippen LogP contribution in [0.15, 0.2) is 60.9 Å². The molecule has 1 aromatic heterocycles. The summed E-state index contributed by atoms with van der Waals surface area (Å²) in [5.74, 6) is 1.60. The molecule has 2 N–H and O–H groups in total. The summed E-state index contributed by atoms with van der Waals surface area (Å²) in [6, 6.07) is 17.5. The molecule has 1 unspecified atom stereocenters. The van der Waals surface area contributed by atoms with Crippen LogP contribution in [0, 0.1) is 0 Å². The number of ether oxygens (including phenoxy) is 1. The van der Waals surface area contributed by atoms with Crippen LogP contribution in [0.1, 0.15) is 18.0 Å². The highest BCUT2D eigenvalue weighted by Crippen LogP contribution is 2.25. The van der Waals surface area contributed by atoms with Crippen LogP contribution in [-0.4, -0.2) is 26.8 Å². The Balaban J connectivity index is 1.77. The van der Waals surface area contributed by atoms with Gasteiger partial charge in [-0.3, -0.25) is 0 Å². The summed E-state index contributed by atoms with van der Waals surface area (Å²) in [5.41, 5.74) is 6.76. The average molecular weight is 295 g/mol. The molecule has 1 heterocycles. The van der Waals surface area contributed by atoms with Crippen LogP contribution in [0.2, 0.25) is 0 Å². The quantitative estimate of drug-likeness (QED) is 0.755. The molecule has 1 atom stereocenters. The number of para-hydroxylation sites is 1. The molecule has 22 heavy (non-hydrogen) atoms. The third kappa shape index (κ3) is 3.29. The van der Waals surface area contributed by atoms with Crippen LogP contribution < -0.4 is 10.5 Å². The zero-order valence-electron chi connectivity index (χ0n) is 12.0. The summed E-state index contributed by atoms with van der Waals surface area (Å²) in [6.45, 7) is 0.550. The fourth-order valence-corrected chi connectivity index (χ4v) is 2.27. The van der Waals surface area contributed by atoms with Crippen LogP contribution in [0.5, 0.6) is 11.5 Å². The van der Waals surface area contributed by atoms with E-state index in [9.17, 15) is 0 Å². The lowest BCUT2D eigenvalue weighted by atomic mass is 10.0. The zero-order chi connectivity index (χ0) is 15.2. The van der Waals surface area contributed by atoms with Gasteiger partial charge in [0, 0.05) is 0 Å². The number of nitrogens with two attached hydrogens (primary N) is 1. The molecule has 0 spiro atoms. The van der Waals surface area contributed by atoms with Crippen molar-refractivity contribution in [2.24, 2.45) is 5.73 Å². The molecule has 112 valence electrons. The Morgan fingerprint density at radius 1 is 1.00 bits per heavy atom. The molecular weight excluding hydrogens is 278 g/mol. The Morgan fingerprint density at radius 2 is 1.73 bits per heavy atom. The summed E-state index contributed by atoms with van der Waals surface area (Å²) in [6.07, 6.45) is 2.17. The molecule has 0 bridgehead atoms. The van der Waals surface area contributed by atoms with Crippen molar-refractivity contribution in [2.75, 3.05) is 6.54 Å². The minimum Gasteiger partial charge on any atom is -0.457 e. The second kappa shape index (κ2) is 6.82. The standard InChI is InChI=1S/C16H17N5O/c17-11-10-16(21-19-12-18-20-21)13-6-8-15(9-7-13)22-14-4-2-1-3-5-14/h1-9,12,16H,10-11,17H2. The van der Waals surface area contributed by atoms with Gasteiger partial charge in [0.05, 0.1) is 6.04 Å². The van der Waals surface area contributed by atoms with E-state index in [1.54, 1.807) is 4.80 Å². The van der Waals surface area contributed by atoms with Crippen molar-refractivity contribution in [3.8, 4) is 11.5 Å². The first-order valence-corrected chi connectivity index (χ1v) is 7.12. The van der Waals surface area contributed by atoms with Crippen LogP contribution in [-0.2, 0) is 0 Å². The zero-order valence-corrected chi connectivity index (χ0v) is 12.0. The molecule has 0 aliphatic heterocycles. The smallest absolute Gasteiger partial charge is 0.162 e. The first-order valence-electron chi connectivity index (χ1n) is 7.12. The third-order valence-electron chi connectivity index (χ3n) is 3.33. The van der Waals surface area contributed by atoms with E-state index >= 15 is 0 Å². The summed E-state index contributed by atoms with van der Waals surface area (Å²) in [7, 11) is 0. The van der Waals surface area contributed by atoms with Crippen LogP contribution in [0.25, 0.3) is 0 Å². The highest BCUT2D eigenvalue weighted by atomic mass is 16.5. The maximum Gasteiger partial charge on any atom is 0.162 e. The molecule has 3 aromatic rings. The molecule has 3 rings (SSSR count). The van der Waals surface area contributed by atoms with Gasteiger partial charge in [0.25, 0.3) is 0 Å². The first-order chi connectivity index (χ1) is 10.9. The van der Waals surface area contributed by atoms with Gasteiger partial charge >= 0.3 is 0 Å². The molecular formula is C16H17N5O. The Morgan fingerprint density at radius 3 is 2.36 bits per heavy atom. The van der Waals surface area contributed by atoms with Gasteiger partial charge in [0.15, 0.2) is 6.33 Å². The number of hydrogen-bond acceptors (Lipinski definition) is 5. The van der Waals surface area contributed by atoms with Crippen LogP contribution in [0.3, 0.4) is 0 Å². The number of nitrogens with zero attached hydrogens (tertiary/aromatic N) is 4. The highest BCUT2D eigenvalue weighted by molar-refractivity contribution is 5.34. The number of rotatable bonds is 6. The lowest BCUT2D eigenvalue weighted by Crippen LogP contribution is -2.17. The molecule has 0 saturated carbocycles. The van der Waals surface area contributed by atoms with Crippen LogP contribution in [0.4, 0.5) is 0 Å². The number of aromatic nitrogens is 4. The van der Waals surface area contributed by atoms with Crippen molar-refractivity contribution in [2.45, 2.75) is 12.5 Å². The van der Waals surface area contributed by atoms with Gasteiger partial charge in [-0.15, -0.1) is 10.2 Å². The maximum atomic E-state index is 5.79. The van der Waals surface area contributed by atoms with Gasteiger partial charge in [0.2, 0.25) is 0 Å². The molecule has 0 amide bonds. The van der Waals surface area contributed by atoms with Crippen molar-refractivity contribution < 1.29 is 4.74 Å². The second-order valence-corrected chi connectivity index (χ2v) is 4.83. The van der Waals surface area contributed by atoms with E-state index in [2.05, 4.69) is 15.4 Å². The van der Waals surface area contributed by atoms with Crippen molar-refractivity contribution in [1.29, 1.82) is 0 Å². The number of hydrogen-bond donors (Lipinski definition) is 1. The van der Waals surface area contributed by atoms with E-state index < -0.39 is 0 Å². The summed E-state index contributed by atoms with van der Waals surface area (Å²) in [5, 5.41) is 11.8. The van der Waals surface area contributed by atoms with Gasteiger partial charge in [-0.2, -0.15) is 4.80 Å². The Hall–Kier alpha value is -2.73. The Kier molecular flexibility index (Phi) is 4.41. The topological polar surface area (TPSA) is 78.9 Å². The van der Waals surface area contributed by atoms with Crippen molar-refractivity contribution in [3.05, 3.63) is 66.5 Å². The fourth-order valence-electron chi connectivity index (χ4n) is 2.27. The lowest BCUT2D eigenvalue weighted by molar-refractivity contribution is 0.429. The first kappa shape index (κ1) is 14.2. The van der Waals surface area contributed by atoms with Crippen molar-refractivity contribution >= 4 is 0 Å². The predicted octanol–water partition coefficient (Wildman–Crippen LogP) is 2.40. The summed E-state index contributed by atoms with van der Waals surface area (Å²) < 4.78 is 5.79. The maximum absolute atomic E-state index is 5.79. The largest absolute Gasteiger partial charge is 0.457 e. The van der Waals surface area contributed by atoms with E-state index in [0.29, 0.717) is 6.54 Å². The number of benzene rings is 2. The van der Waals surface area contributed by atoms with E-state index in [1.165, 1.54) is 6.33 Å². The fraction of sp³-hybridized carbons (Fsp3) is 0.188. The van der Waals surface area contributed by atoms with Crippen LogP contribution >= 0.6 is 0 Å². The molecule has 0 fully saturated rings. The van der Waals surface area contributed by atoms with E-state index in [0.717, 1.165) is 23.5 Å². The van der Waals surface area contributed by atoms with Crippen molar-refractivity contribution in [1.82, 2.24) is 20.2 Å². The molecule has 0 saturated heterocycles. The molecule has 2 aromatic carbocycles. The minimum absolute atomic E-state index is 0.0155. The molecule has 0 aliphatic rings. The highest BCUT2D eigenvalue weighted by Gasteiger charge is 2.15. The molecule has 6 nitrogen and oxygen atoms in total. The van der Waals surface area contributed by atoms with E-state index in [1.807, 2.05) is 54.6 Å². The normalized spacial score (nSPS) is 12.0. The lowest BCUT2D eigenvalue weighted by Gasteiger charge is -2.15. The molecule has 0 radical (unpaired) electrons. The third-order valence-corrected chi connectivity index (χ3v) is 3.33. The monoisotopic (exact) mass is 295 g/mol. The Labute approximate surface area is 128 Å². The summed E-state index contributed by atoms with van der Waals surface area (Å²) in [4.78, 5) is 1.58. The molecule has 6 heteroatoms. The molecule has 0 aliphatic carbocycles. The van der Waals surface area contributed by atoms with Gasteiger partial charge < -0.3 is 10.5 Å². The average Bonchev–Trinajstić information content (AvgIpc) is 3.09. The Bertz CT molecular complexity index is 682. The summed E-state index contributed by atoms with van der Waals surface area (Å²) >= 11 is 0.